The molecule has 0 aliphatic carbocycles. The number of hydrogen-bond acceptors (Lipinski definition) is 5. The van der Waals surface area contributed by atoms with Crippen LogP contribution in [0.2, 0.25) is 5.02 Å². The van der Waals surface area contributed by atoms with Crippen LogP contribution in [0.15, 0.2) is 42.6 Å². The molecule has 8 heteroatoms. The highest BCUT2D eigenvalue weighted by Gasteiger charge is 2.22. The second kappa shape index (κ2) is 8.70. The number of halogens is 1. The van der Waals surface area contributed by atoms with E-state index in [9.17, 15) is 8.42 Å². The van der Waals surface area contributed by atoms with Gasteiger partial charge in [-0.25, -0.2) is 8.42 Å². The van der Waals surface area contributed by atoms with Crippen molar-refractivity contribution >= 4 is 27.3 Å². The lowest BCUT2D eigenvalue weighted by atomic mass is 10.1. The number of hydrogen-bond donors (Lipinski definition) is 1. The molecule has 3 rings (SSSR count). The minimum absolute atomic E-state index is 0.0256. The third-order valence-corrected chi connectivity index (χ3v) is 5.77. The molecule has 0 amide bonds. The van der Waals surface area contributed by atoms with Crippen molar-refractivity contribution in [3.05, 3.63) is 53.3 Å². The van der Waals surface area contributed by atoms with Crippen molar-refractivity contribution in [2.75, 3.05) is 23.7 Å². The number of nitrogens with zero attached hydrogens (tertiary/aromatic N) is 1. The van der Waals surface area contributed by atoms with Crippen LogP contribution in [0, 0.1) is 5.92 Å². The summed E-state index contributed by atoms with van der Waals surface area (Å²) in [5, 5.41) is 0.335. The summed E-state index contributed by atoms with van der Waals surface area (Å²) < 4.78 is 38.2. The molecule has 1 aliphatic heterocycles. The van der Waals surface area contributed by atoms with Crippen molar-refractivity contribution in [1.82, 2.24) is 4.98 Å². The third-order valence-electron chi connectivity index (χ3n) is 4.02. The largest absolute Gasteiger partial charge is 0.486 e. The van der Waals surface area contributed by atoms with Gasteiger partial charge in [0.05, 0.1) is 28.8 Å². The number of anilines is 1. The first-order valence-electron chi connectivity index (χ1n) is 8.42. The van der Waals surface area contributed by atoms with Gasteiger partial charge in [0, 0.05) is 12.8 Å². The van der Waals surface area contributed by atoms with Crippen LogP contribution in [0.25, 0.3) is 0 Å². The van der Waals surface area contributed by atoms with Gasteiger partial charge in [-0.2, -0.15) is 0 Å². The zero-order valence-electron chi connectivity index (χ0n) is 14.2. The molecule has 1 aliphatic rings. The van der Waals surface area contributed by atoms with E-state index in [4.69, 9.17) is 21.1 Å². The quantitative estimate of drug-likeness (QED) is 0.775. The number of pyridine rings is 1. The van der Waals surface area contributed by atoms with E-state index in [2.05, 4.69) is 9.71 Å². The minimum Gasteiger partial charge on any atom is -0.486 e. The normalized spacial score (nSPS) is 17.7. The first kappa shape index (κ1) is 18.9. The second-order valence-corrected chi connectivity index (χ2v) is 8.40. The number of ether oxygens (including phenoxy) is 2. The highest BCUT2D eigenvalue weighted by Crippen LogP contribution is 2.29. The Bertz CT molecular complexity index is 824. The molecule has 0 radical (unpaired) electrons. The van der Waals surface area contributed by atoms with Gasteiger partial charge in [-0.3, -0.25) is 9.71 Å². The number of sulfonamides is 1. The van der Waals surface area contributed by atoms with E-state index in [0.29, 0.717) is 29.7 Å². The van der Waals surface area contributed by atoms with Crippen LogP contribution < -0.4 is 9.46 Å². The van der Waals surface area contributed by atoms with Crippen LogP contribution in [-0.4, -0.2) is 32.4 Å². The highest BCUT2D eigenvalue weighted by atomic mass is 35.5. The van der Waals surface area contributed by atoms with E-state index in [1.807, 2.05) is 18.2 Å². The van der Waals surface area contributed by atoms with E-state index < -0.39 is 10.0 Å². The summed E-state index contributed by atoms with van der Waals surface area (Å²) in [7, 11) is -3.46. The lowest BCUT2D eigenvalue weighted by molar-refractivity contribution is 0.0626. The lowest BCUT2D eigenvalue weighted by Gasteiger charge is -2.22. The molecule has 0 saturated carbocycles. The number of benzene rings is 1. The monoisotopic (exact) mass is 396 g/mol. The number of aromatic nitrogens is 1. The molecule has 2 aromatic rings. The standard InChI is InChI=1S/C18H21ClN2O4S/c19-17-10-15(21-26(22,23)13-14-4-3-9-24-11-14)6-7-18(17)25-12-16-5-1-2-8-20-16/h1-2,5-8,10,14,21H,3-4,9,11-13H2. The summed E-state index contributed by atoms with van der Waals surface area (Å²) in [4.78, 5) is 4.17. The summed E-state index contributed by atoms with van der Waals surface area (Å²) in [6, 6.07) is 10.4. The molecular formula is C18H21ClN2O4S. The molecule has 1 unspecified atom stereocenters. The summed E-state index contributed by atoms with van der Waals surface area (Å²) in [6.07, 6.45) is 3.45. The Kier molecular flexibility index (Phi) is 6.34. The Morgan fingerprint density at radius 3 is 2.88 bits per heavy atom. The van der Waals surface area contributed by atoms with E-state index >= 15 is 0 Å². The van der Waals surface area contributed by atoms with Crippen molar-refractivity contribution in [1.29, 1.82) is 0 Å². The molecule has 1 fully saturated rings. The van der Waals surface area contributed by atoms with E-state index in [0.717, 1.165) is 18.5 Å². The molecule has 140 valence electrons. The summed E-state index contributed by atoms with van der Waals surface area (Å²) in [5.41, 5.74) is 1.19. The van der Waals surface area contributed by atoms with Crippen molar-refractivity contribution in [3.8, 4) is 5.75 Å². The maximum atomic E-state index is 12.3. The molecule has 0 spiro atoms. The fraction of sp³-hybridized carbons (Fsp3) is 0.389. The first-order chi connectivity index (χ1) is 12.5. The van der Waals surface area contributed by atoms with Crippen molar-refractivity contribution in [2.45, 2.75) is 19.4 Å². The Morgan fingerprint density at radius 2 is 2.19 bits per heavy atom. The molecule has 2 heterocycles. The molecule has 1 aromatic carbocycles. The summed E-state index contributed by atoms with van der Waals surface area (Å²) in [6.45, 7) is 1.48. The average Bonchev–Trinajstić information content (AvgIpc) is 2.62. The van der Waals surface area contributed by atoms with Gasteiger partial charge in [0.1, 0.15) is 12.4 Å². The number of rotatable bonds is 7. The molecule has 0 bridgehead atoms. The SMILES string of the molecule is O=S(=O)(CC1CCCOC1)Nc1ccc(OCc2ccccn2)c(Cl)c1. The maximum Gasteiger partial charge on any atom is 0.233 e. The second-order valence-electron chi connectivity index (χ2n) is 6.22. The number of nitrogens with one attached hydrogen (secondary N) is 1. The smallest absolute Gasteiger partial charge is 0.233 e. The Morgan fingerprint density at radius 1 is 1.31 bits per heavy atom. The van der Waals surface area contributed by atoms with Gasteiger partial charge >= 0.3 is 0 Å². The van der Waals surface area contributed by atoms with Crippen LogP contribution in [0.1, 0.15) is 18.5 Å². The van der Waals surface area contributed by atoms with Crippen LogP contribution in [-0.2, 0) is 21.4 Å². The van der Waals surface area contributed by atoms with Crippen LogP contribution in [0.5, 0.6) is 5.75 Å². The van der Waals surface area contributed by atoms with E-state index in [1.165, 1.54) is 0 Å². The van der Waals surface area contributed by atoms with Crippen LogP contribution in [0.4, 0.5) is 5.69 Å². The summed E-state index contributed by atoms with van der Waals surface area (Å²) >= 11 is 6.22. The first-order valence-corrected chi connectivity index (χ1v) is 10.5. The Labute approximate surface area is 158 Å². The maximum absolute atomic E-state index is 12.3. The fourth-order valence-electron chi connectivity index (χ4n) is 2.79. The molecule has 1 aromatic heterocycles. The minimum atomic E-state index is -3.46. The van der Waals surface area contributed by atoms with Crippen molar-refractivity contribution in [2.24, 2.45) is 5.92 Å². The van der Waals surface area contributed by atoms with Gasteiger partial charge in [-0.1, -0.05) is 17.7 Å². The lowest BCUT2D eigenvalue weighted by Crippen LogP contribution is -2.28. The summed E-state index contributed by atoms with van der Waals surface area (Å²) in [5.74, 6) is 0.543. The van der Waals surface area contributed by atoms with Gasteiger partial charge in [-0.05, 0) is 49.1 Å². The highest BCUT2D eigenvalue weighted by molar-refractivity contribution is 7.92. The van der Waals surface area contributed by atoms with Crippen molar-refractivity contribution in [3.63, 3.8) is 0 Å². The topological polar surface area (TPSA) is 77.5 Å². The van der Waals surface area contributed by atoms with Crippen LogP contribution in [0.3, 0.4) is 0 Å². The third kappa shape index (κ3) is 5.59. The Balaban J connectivity index is 1.59. The van der Waals surface area contributed by atoms with E-state index in [1.54, 1.807) is 24.4 Å². The zero-order valence-corrected chi connectivity index (χ0v) is 15.8. The van der Waals surface area contributed by atoms with Gasteiger partial charge in [0.2, 0.25) is 10.0 Å². The van der Waals surface area contributed by atoms with Gasteiger partial charge in [-0.15, -0.1) is 0 Å². The van der Waals surface area contributed by atoms with Gasteiger partial charge in [0.25, 0.3) is 0 Å². The van der Waals surface area contributed by atoms with Gasteiger partial charge in [0.15, 0.2) is 0 Å². The van der Waals surface area contributed by atoms with E-state index in [-0.39, 0.29) is 18.3 Å². The molecule has 26 heavy (non-hydrogen) atoms. The predicted octanol–water partition coefficient (Wildman–Crippen LogP) is 3.48. The predicted molar refractivity (Wildman–Crippen MR) is 101 cm³/mol. The molecule has 1 saturated heterocycles. The molecule has 1 N–H and O–H groups in total. The zero-order chi connectivity index (χ0) is 18.4. The fourth-order valence-corrected chi connectivity index (χ4v) is 4.47. The van der Waals surface area contributed by atoms with Gasteiger partial charge < -0.3 is 9.47 Å². The average molecular weight is 397 g/mol. The molecular weight excluding hydrogens is 376 g/mol. The van der Waals surface area contributed by atoms with Crippen LogP contribution >= 0.6 is 11.6 Å². The molecule has 1 atom stereocenters. The van der Waals surface area contributed by atoms with Crippen molar-refractivity contribution < 1.29 is 17.9 Å². The Hall–Kier alpha value is -1.83. The molecule has 6 nitrogen and oxygen atoms in total.